The molecule has 30 heavy (non-hydrogen) atoms. The molecule has 0 saturated carbocycles. The van der Waals surface area contributed by atoms with Crippen LogP contribution in [0.2, 0.25) is 0 Å². The lowest BCUT2D eigenvalue weighted by atomic mass is 10.1. The third-order valence-corrected chi connectivity index (χ3v) is 6.38. The average molecular weight is 447 g/mol. The van der Waals surface area contributed by atoms with Crippen LogP contribution in [0.15, 0.2) is 18.2 Å². The van der Waals surface area contributed by atoms with Crippen LogP contribution in [0.4, 0.5) is 0 Å². The zero-order valence-corrected chi connectivity index (χ0v) is 18.4. The van der Waals surface area contributed by atoms with E-state index in [1.165, 1.54) is 0 Å². The maximum atomic E-state index is 12.1. The molecule has 0 bridgehead atoms. The molecule has 0 aromatic heterocycles. The average Bonchev–Trinajstić information content (AvgIpc) is 2.69. The molecule has 11 heteroatoms. The Bertz CT molecular complexity index is 793. The smallest absolute Gasteiger partial charge is 0.414 e. The molecule has 1 aromatic rings. The van der Waals surface area contributed by atoms with Gasteiger partial charge in [0.25, 0.3) is 0 Å². The molecule has 0 unspecified atom stereocenters. The number of nitrogens with zero attached hydrogens (tertiary/aromatic N) is 2. The summed E-state index contributed by atoms with van der Waals surface area (Å²) in [5.41, 5.74) is 1.14. The van der Waals surface area contributed by atoms with Crippen LogP contribution in [0.5, 0.6) is 11.5 Å². The highest BCUT2D eigenvalue weighted by molar-refractivity contribution is 7.89. The normalized spacial score (nSPS) is 15.0. The van der Waals surface area contributed by atoms with Crippen LogP contribution in [0.3, 0.4) is 0 Å². The van der Waals surface area contributed by atoms with Crippen molar-refractivity contribution < 1.29 is 37.7 Å². The standard InChI is InChI=1S/C17H28N2O4S.C2H2O4/c1-4-12-24(20,21)19-10-8-18(9-11-19)14-15-6-7-16(22-3)17(13-15)23-5-2;3-1(4)2(5)6/h6-7,13H,4-5,8-12,14H2,1-3H3;(H,3,4)(H,5,6). The van der Waals surface area contributed by atoms with Crippen molar-refractivity contribution in [3.63, 3.8) is 0 Å². The number of rotatable bonds is 8. The van der Waals surface area contributed by atoms with E-state index in [2.05, 4.69) is 4.90 Å². The lowest BCUT2D eigenvalue weighted by Crippen LogP contribution is -2.48. The van der Waals surface area contributed by atoms with Gasteiger partial charge in [-0.3, -0.25) is 4.90 Å². The number of methoxy groups -OCH3 is 1. The third kappa shape index (κ3) is 8.17. The molecular weight excluding hydrogens is 416 g/mol. The van der Waals surface area contributed by atoms with E-state index < -0.39 is 22.0 Å². The summed E-state index contributed by atoms with van der Waals surface area (Å²) in [5.74, 6) is -1.92. The van der Waals surface area contributed by atoms with Gasteiger partial charge in [-0.1, -0.05) is 13.0 Å². The second kappa shape index (κ2) is 12.4. The fraction of sp³-hybridized carbons (Fsp3) is 0.579. The van der Waals surface area contributed by atoms with E-state index >= 15 is 0 Å². The highest BCUT2D eigenvalue weighted by Crippen LogP contribution is 2.28. The molecule has 1 aliphatic rings. The number of carbonyl (C=O) groups is 2. The van der Waals surface area contributed by atoms with Crippen molar-refractivity contribution in [2.45, 2.75) is 26.8 Å². The van der Waals surface area contributed by atoms with E-state index in [0.29, 0.717) is 26.1 Å². The summed E-state index contributed by atoms with van der Waals surface area (Å²) in [4.78, 5) is 20.5. The van der Waals surface area contributed by atoms with Crippen LogP contribution in [-0.2, 0) is 26.2 Å². The summed E-state index contributed by atoms with van der Waals surface area (Å²) in [7, 11) is -1.45. The van der Waals surface area contributed by atoms with E-state index in [4.69, 9.17) is 29.3 Å². The maximum absolute atomic E-state index is 12.1. The summed E-state index contributed by atoms with van der Waals surface area (Å²) < 4.78 is 36.8. The van der Waals surface area contributed by atoms with Gasteiger partial charge in [-0.25, -0.2) is 18.0 Å². The zero-order chi connectivity index (χ0) is 22.7. The van der Waals surface area contributed by atoms with Crippen LogP contribution < -0.4 is 9.47 Å². The summed E-state index contributed by atoms with van der Waals surface area (Å²) in [5, 5.41) is 14.8. The van der Waals surface area contributed by atoms with Crippen LogP contribution in [0.25, 0.3) is 0 Å². The second-order valence-corrected chi connectivity index (χ2v) is 8.61. The lowest BCUT2D eigenvalue weighted by Gasteiger charge is -2.34. The predicted molar refractivity (Wildman–Crippen MR) is 110 cm³/mol. The molecular formula is C19H30N2O8S. The summed E-state index contributed by atoms with van der Waals surface area (Å²) in [6.07, 6.45) is 0.661. The van der Waals surface area contributed by atoms with Crippen molar-refractivity contribution in [2.75, 3.05) is 45.6 Å². The molecule has 10 nitrogen and oxygen atoms in total. The molecule has 0 atom stereocenters. The fourth-order valence-corrected chi connectivity index (χ4v) is 4.39. The molecule has 1 saturated heterocycles. The summed E-state index contributed by atoms with van der Waals surface area (Å²) >= 11 is 0. The van der Waals surface area contributed by atoms with Gasteiger partial charge in [-0.05, 0) is 31.0 Å². The van der Waals surface area contributed by atoms with Crippen molar-refractivity contribution in [2.24, 2.45) is 0 Å². The SMILES string of the molecule is CCCS(=O)(=O)N1CCN(Cc2ccc(OC)c(OCC)c2)CC1.O=C(O)C(=O)O. The molecule has 0 spiro atoms. The Balaban J connectivity index is 0.000000656. The first-order chi connectivity index (χ1) is 14.1. The molecule has 1 fully saturated rings. The Hall–Kier alpha value is -2.37. The minimum atomic E-state index is -3.08. The Labute approximate surface area is 177 Å². The Kier molecular flexibility index (Phi) is 10.6. The molecule has 1 aliphatic heterocycles. The van der Waals surface area contributed by atoms with Crippen LogP contribution >= 0.6 is 0 Å². The second-order valence-electron chi connectivity index (χ2n) is 6.52. The van der Waals surface area contributed by atoms with E-state index in [0.717, 1.165) is 36.7 Å². The highest BCUT2D eigenvalue weighted by atomic mass is 32.2. The minimum absolute atomic E-state index is 0.239. The van der Waals surface area contributed by atoms with Crippen molar-refractivity contribution in [3.05, 3.63) is 23.8 Å². The minimum Gasteiger partial charge on any atom is -0.493 e. The van der Waals surface area contributed by atoms with Crippen molar-refractivity contribution in [1.29, 1.82) is 0 Å². The summed E-state index contributed by atoms with van der Waals surface area (Å²) in [6.45, 7) is 7.85. The Morgan fingerprint density at radius 2 is 1.63 bits per heavy atom. The van der Waals surface area contributed by atoms with Crippen LogP contribution in [-0.4, -0.2) is 85.4 Å². The number of sulfonamides is 1. The molecule has 2 rings (SSSR count). The van der Waals surface area contributed by atoms with Crippen molar-refractivity contribution in [3.8, 4) is 11.5 Å². The molecule has 1 aromatic carbocycles. The quantitative estimate of drug-likeness (QED) is 0.563. The first-order valence-electron chi connectivity index (χ1n) is 9.60. The number of aliphatic carboxylic acids is 2. The van der Waals surface area contributed by atoms with E-state index in [-0.39, 0.29) is 5.75 Å². The molecule has 0 radical (unpaired) electrons. The fourth-order valence-electron chi connectivity index (χ4n) is 2.90. The largest absolute Gasteiger partial charge is 0.493 e. The van der Waals surface area contributed by atoms with Crippen LogP contribution in [0.1, 0.15) is 25.8 Å². The lowest BCUT2D eigenvalue weighted by molar-refractivity contribution is -0.159. The predicted octanol–water partition coefficient (Wildman–Crippen LogP) is 1.11. The van der Waals surface area contributed by atoms with Gasteiger partial charge in [0, 0.05) is 32.7 Å². The van der Waals surface area contributed by atoms with Gasteiger partial charge < -0.3 is 19.7 Å². The van der Waals surface area contributed by atoms with Gasteiger partial charge in [-0.2, -0.15) is 4.31 Å². The Morgan fingerprint density at radius 3 is 2.10 bits per heavy atom. The van der Waals surface area contributed by atoms with Gasteiger partial charge >= 0.3 is 11.9 Å². The van der Waals surface area contributed by atoms with Crippen LogP contribution in [0, 0.1) is 0 Å². The number of carboxylic acids is 2. The Morgan fingerprint density at radius 1 is 1.03 bits per heavy atom. The van der Waals surface area contributed by atoms with E-state index in [1.807, 2.05) is 32.0 Å². The highest BCUT2D eigenvalue weighted by Gasteiger charge is 2.26. The molecule has 2 N–H and O–H groups in total. The summed E-state index contributed by atoms with van der Waals surface area (Å²) in [6, 6.07) is 5.95. The van der Waals surface area contributed by atoms with E-state index in [1.54, 1.807) is 11.4 Å². The van der Waals surface area contributed by atoms with Gasteiger partial charge in [-0.15, -0.1) is 0 Å². The topological polar surface area (TPSA) is 134 Å². The number of hydrogen-bond acceptors (Lipinski definition) is 7. The maximum Gasteiger partial charge on any atom is 0.414 e. The molecule has 1 heterocycles. The third-order valence-electron chi connectivity index (χ3n) is 4.30. The van der Waals surface area contributed by atoms with Gasteiger partial charge in [0.1, 0.15) is 0 Å². The van der Waals surface area contributed by atoms with Crippen molar-refractivity contribution >= 4 is 22.0 Å². The molecule has 170 valence electrons. The van der Waals surface area contributed by atoms with E-state index in [9.17, 15) is 8.42 Å². The first kappa shape index (κ1) is 25.7. The number of carboxylic acid groups (broad SMARTS) is 2. The number of piperazine rings is 1. The zero-order valence-electron chi connectivity index (χ0n) is 17.5. The van der Waals surface area contributed by atoms with Crippen molar-refractivity contribution in [1.82, 2.24) is 9.21 Å². The van der Waals surface area contributed by atoms with Gasteiger partial charge in [0.05, 0.1) is 19.5 Å². The monoisotopic (exact) mass is 446 g/mol. The van der Waals surface area contributed by atoms with Gasteiger partial charge in [0.2, 0.25) is 10.0 Å². The first-order valence-corrected chi connectivity index (χ1v) is 11.2. The number of benzene rings is 1. The van der Waals surface area contributed by atoms with Gasteiger partial charge in [0.15, 0.2) is 11.5 Å². The number of hydrogen-bond donors (Lipinski definition) is 2. The molecule has 0 amide bonds. The number of ether oxygens (including phenoxy) is 2. The molecule has 0 aliphatic carbocycles.